The Labute approximate surface area is 160 Å². The third-order valence-corrected chi connectivity index (χ3v) is 4.47. The fraction of sp³-hybridized carbons (Fsp3) is 0.818. The van der Waals surface area contributed by atoms with Gasteiger partial charge in [0.05, 0.1) is 0 Å². The Balaban J connectivity index is 4.11. The van der Waals surface area contributed by atoms with Crippen molar-refractivity contribution in [2.75, 3.05) is 0 Å². The first-order chi connectivity index (χ1) is 12.6. The van der Waals surface area contributed by atoms with Gasteiger partial charge in [0.15, 0.2) is 0 Å². The number of carbonyl (C=O) groups is 2. The number of rotatable bonds is 18. The average molecular weight is 369 g/mol. The number of allylic oxidation sites excluding steroid dienone is 1. The Bertz CT molecular complexity index is 376. The third-order valence-electron chi connectivity index (χ3n) is 4.47. The Hall–Kier alpha value is -1.32. The van der Waals surface area contributed by atoms with Crippen LogP contribution in [0.25, 0.3) is 0 Å². The summed E-state index contributed by atoms with van der Waals surface area (Å²) in [5, 5.41) is 8.65. The monoisotopic (exact) mass is 368 g/mol. The molecule has 0 aliphatic heterocycles. The lowest BCUT2D eigenvalue weighted by molar-refractivity contribution is -0.147. The minimum absolute atomic E-state index is 0.102. The van der Waals surface area contributed by atoms with Crippen molar-refractivity contribution >= 4 is 11.9 Å². The molecular formula is C22H40O4. The molecule has 0 saturated carbocycles. The molecule has 0 saturated heterocycles. The Morgan fingerprint density at radius 1 is 0.846 bits per heavy atom. The van der Waals surface area contributed by atoms with Gasteiger partial charge in [-0.3, -0.25) is 9.59 Å². The molecule has 152 valence electrons. The molecule has 0 aromatic rings. The molecule has 0 bridgehead atoms. The summed E-state index contributed by atoms with van der Waals surface area (Å²) >= 11 is 0. The maximum absolute atomic E-state index is 11.9. The van der Waals surface area contributed by atoms with Crippen LogP contribution in [0, 0.1) is 0 Å². The molecule has 0 fully saturated rings. The normalized spacial score (nSPS) is 12.4. The summed E-state index contributed by atoms with van der Waals surface area (Å²) in [6.07, 6.45) is 18.5. The largest absolute Gasteiger partial charge is 0.481 e. The molecule has 0 amide bonds. The maximum atomic E-state index is 11.9. The van der Waals surface area contributed by atoms with Crippen LogP contribution in [-0.2, 0) is 14.3 Å². The van der Waals surface area contributed by atoms with Gasteiger partial charge < -0.3 is 9.84 Å². The van der Waals surface area contributed by atoms with E-state index in [1.54, 1.807) is 0 Å². The molecule has 0 aromatic heterocycles. The molecule has 26 heavy (non-hydrogen) atoms. The van der Waals surface area contributed by atoms with Gasteiger partial charge in [-0.2, -0.15) is 0 Å². The Morgan fingerprint density at radius 2 is 1.50 bits per heavy atom. The fourth-order valence-electron chi connectivity index (χ4n) is 2.83. The molecule has 1 unspecified atom stereocenters. The lowest BCUT2D eigenvalue weighted by Gasteiger charge is -2.14. The zero-order chi connectivity index (χ0) is 19.5. The first kappa shape index (κ1) is 24.7. The number of hydrogen-bond donors (Lipinski definition) is 1. The minimum Gasteiger partial charge on any atom is -0.481 e. The van der Waals surface area contributed by atoms with Crippen molar-refractivity contribution in [1.82, 2.24) is 0 Å². The number of carboxylic acid groups (broad SMARTS) is 1. The van der Waals surface area contributed by atoms with Crippen LogP contribution in [-0.4, -0.2) is 23.1 Å². The molecule has 0 rings (SSSR count). The summed E-state index contributed by atoms with van der Waals surface area (Å²) < 4.78 is 5.62. The van der Waals surface area contributed by atoms with Crippen molar-refractivity contribution in [3.8, 4) is 0 Å². The van der Waals surface area contributed by atoms with E-state index in [0.29, 0.717) is 6.42 Å². The van der Waals surface area contributed by atoms with Gasteiger partial charge in [0.2, 0.25) is 0 Å². The summed E-state index contributed by atoms with van der Waals surface area (Å²) in [4.78, 5) is 22.4. The van der Waals surface area contributed by atoms with E-state index >= 15 is 0 Å². The molecule has 4 heteroatoms. The highest BCUT2D eigenvalue weighted by molar-refractivity contribution is 5.69. The van der Waals surface area contributed by atoms with Crippen LogP contribution in [0.5, 0.6) is 0 Å². The number of unbranched alkanes of at least 4 members (excludes halogenated alkanes) is 9. The predicted octanol–water partition coefficient (Wildman–Crippen LogP) is 6.43. The number of carboxylic acids is 1. The molecule has 0 aliphatic carbocycles. The number of aliphatic carboxylic acids is 1. The third kappa shape index (κ3) is 17.5. The lowest BCUT2D eigenvalue weighted by Crippen LogP contribution is -2.16. The SMILES string of the molecule is CCCCCCC/C=C\C(CCCCCCC(=O)O)OC(=O)CCCC. The molecule has 4 nitrogen and oxygen atoms in total. The van der Waals surface area contributed by atoms with E-state index in [2.05, 4.69) is 26.0 Å². The second-order valence-electron chi connectivity index (χ2n) is 7.11. The van der Waals surface area contributed by atoms with Gasteiger partial charge in [0.25, 0.3) is 0 Å². The lowest BCUT2D eigenvalue weighted by atomic mass is 10.1. The van der Waals surface area contributed by atoms with E-state index in [9.17, 15) is 9.59 Å². The van der Waals surface area contributed by atoms with Crippen LogP contribution in [0.2, 0.25) is 0 Å². The standard InChI is InChI=1S/C22H40O4/c1-3-5-7-8-9-10-13-16-20(26-22(25)19-6-4-2)17-14-11-12-15-18-21(23)24/h13,16,20H,3-12,14-15,17-19H2,1-2H3,(H,23,24)/b16-13-. The molecule has 0 spiro atoms. The highest BCUT2D eigenvalue weighted by atomic mass is 16.5. The minimum atomic E-state index is -0.727. The van der Waals surface area contributed by atoms with E-state index < -0.39 is 5.97 Å². The van der Waals surface area contributed by atoms with Crippen LogP contribution in [0.3, 0.4) is 0 Å². The highest BCUT2D eigenvalue weighted by Crippen LogP contribution is 2.13. The van der Waals surface area contributed by atoms with E-state index in [1.807, 2.05) is 0 Å². The van der Waals surface area contributed by atoms with Gasteiger partial charge in [-0.05, 0) is 44.6 Å². The zero-order valence-electron chi connectivity index (χ0n) is 17.0. The second-order valence-corrected chi connectivity index (χ2v) is 7.11. The van der Waals surface area contributed by atoms with Crippen molar-refractivity contribution in [3.05, 3.63) is 12.2 Å². The van der Waals surface area contributed by atoms with Gasteiger partial charge >= 0.3 is 11.9 Å². The summed E-state index contributed by atoms with van der Waals surface area (Å²) in [7, 11) is 0. The Morgan fingerprint density at radius 3 is 2.19 bits per heavy atom. The van der Waals surface area contributed by atoms with Crippen LogP contribution in [0.15, 0.2) is 12.2 Å². The molecule has 0 heterocycles. The topological polar surface area (TPSA) is 63.6 Å². The Kier molecular flexibility index (Phi) is 17.5. The second kappa shape index (κ2) is 18.5. The number of hydrogen-bond acceptors (Lipinski definition) is 3. The molecule has 0 aromatic carbocycles. The van der Waals surface area contributed by atoms with Crippen molar-refractivity contribution in [2.45, 2.75) is 116 Å². The van der Waals surface area contributed by atoms with Crippen molar-refractivity contribution in [3.63, 3.8) is 0 Å². The smallest absolute Gasteiger partial charge is 0.306 e. The van der Waals surface area contributed by atoms with Crippen LogP contribution in [0.1, 0.15) is 110 Å². The van der Waals surface area contributed by atoms with Gasteiger partial charge in [0.1, 0.15) is 6.10 Å². The molecular weight excluding hydrogens is 328 g/mol. The van der Waals surface area contributed by atoms with Crippen molar-refractivity contribution < 1.29 is 19.4 Å². The van der Waals surface area contributed by atoms with Crippen LogP contribution >= 0.6 is 0 Å². The maximum Gasteiger partial charge on any atom is 0.306 e. The predicted molar refractivity (Wildman–Crippen MR) is 107 cm³/mol. The van der Waals surface area contributed by atoms with Crippen LogP contribution in [0.4, 0.5) is 0 Å². The summed E-state index contributed by atoms with van der Waals surface area (Å²) in [6, 6.07) is 0. The average Bonchev–Trinajstić information content (AvgIpc) is 2.61. The van der Waals surface area contributed by atoms with E-state index in [-0.39, 0.29) is 18.5 Å². The first-order valence-corrected chi connectivity index (χ1v) is 10.7. The van der Waals surface area contributed by atoms with E-state index in [0.717, 1.165) is 51.4 Å². The zero-order valence-corrected chi connectivity index (χ0v) is 17.0. The molecule has 0 radical (unpaired) electrons. The summed E-state index contributed by atoms with van der Waals surface area (Å²) in [5.41, 5.74) is 0. The fourth-order valence-corrected chi connectivity index (χ4v) is 2.83. The molecule has 1 atom stereocenters. The molecule has 0 aliphatic rings. The van der Waals surface area contributed by atoms with Crippen molar-refractivity contribution in [1.29, 1.82) is 0 Å². The van der Waals surface area contributed by atoms with E-state index in [4.69, 9.17) is 9.84 Å². The summed E-state index contributed by atoms with van der Waals surface area (Å²) in [5.74, 6) is -0.829. The first-order valence-electron chi connectivity index (χ1n) is 10.7. The summed E-state index contributed by atoms with van der Waals surface area (Å²) in [6.45, 7) is 4.29. The van der Waals surface area contributed by atoms with E-state index in [1.165, 1.54) is 32.1 Å². The number of esters is 1. The van der Waals surface area contributed by atoms with Gasteiger partial charge in [-0.1, -0.05) is 64.9 Å². The van der Waals surface area contributed by atoms with Crippen LogP contribution < -0.4 is 0 Å². The highest BCUT2D eigenvalue weighted by Gasteiger charge is 2.11. The van der Waals surface area contributed by atoms with Gasteiger partial charge in [0, 0.05) is 12.8 Å². The van der Waals surface area contributed by atoms with Gasteiger partial charge in [-0.15, -0.1) is 0 Å². The number of carbonyl (C=O) groups excluding carboxylic acids is 1. The number of ether oxygens (including phenoxy) is 1. The van der Waals surface area contributed by atoms with Crippen molar-refractivity contribution in [2.24, 2.45) is 0 Å². The quantitative estimate of drug-likeness (QED) is 0.172. The van der Waals surface area contributed by atoms with Gasteiger partial charge in [-0.25, -0.2) is 0 Å². The molecule has 1 N–H and O–H groups in total.